The van der Waals surface area contributed by atoms with Crippen LogP contribution >= 0.6 is 0 Å². The number of benzene rings is 3. The maximum Gasteiger partial charge on any atom is 0.315 e. The molecule has 34 heavy (non-hydrogen) atoms. The zero-order chi connectivity index (χ0) is 24.0. The molecular formula is C29H29NO4. The quantitative estimate of drug-likeness (QED) is 0.501. The Bertz CT molecular complexity index is 1320. The van der Waals surface area contributed by atoms with Gasteiger partial charge in [-0.2, -0.15) is 0 Å². The molecule has 1 aliphatic carbocycles. The molecule has 0 fully saturated rings. The molecule has 0 spiro atoms. The summed E-state index contributed by atoms with van der Waals surface area (Å²) in [6.07, 6.45) is 0.279. The first-order valence-corrected chi connectivity index (χ1v) is 11.7. The highest BCUT2D eigenvalue weighted by Gasteiger charge is 2.50. The van der Waals surface area contributed by atoms with Crippen LogP contribution in [0.25, 0.3) is 10.8 Å². The first kappa shape index (κ1) is 22.2. The average molecular weight is 456 g/mol. The normalized spacial score (nSPS) is 20.9. The van der Waals surface area contributed by atoms with Crippen LogP contribution in [0.3, 0.4) is 0 Å². The van der Waals surface area contributed by atoms with Crippen LogP contribution in [0.1, 0.15) is 44.2 Å². The van der Waals surface area contributed by atoms with E-state index in [4.69, 9.17) is 9.47 Å². The number of rotatable bonds is 4. The predicted molar refractivity (Wildman–Crippen MR) is 133 cm³/mol. The van der Waals surface area contributed by atoms with Gasteiger partial charge in [0, 0.05) is 29.3 Å². The van der Waals surface area contributed by atoms with Crippen LogP contribution in [0.4, 0.5) is 5.69 Å². The standard InChI is InChI=1S/C29H29NO4/c1-5-34-19-13-10-18(11-14-19)23-24-20-9-7-6-8-17(20)12-15-21(24)30-27-25(23)22(31)16-29(2,3)26(27)28(32)33-4/h6-15,23,26,30H,5,16H2,1-4H3/t23-,26+/m0/s1. The lowest BCUT2D eigenvalue weighted by Gasteiger charge is -2.44. The van der Waals surface area contributed by atoms with E-state index in [9.17, 15) is 9.59 Å². The lowest BCUT2D eigenvalue weighted by molar-refractivity contribution is -0.148. The Morgan fingerprint density at radius 3 is 2.50 bits per heavy atom. The molecule has 174 valence electrons. The minimum atomic E-state index is -0.562. The van der Waals surface area contributed by atoms with Gasteiger partial charge in [0.2, 0.25) is 0 Å². The highest BCUT2D eigenvalue weighted by molar-refractivity contribution is 6.06. The number of hydrogen-bond acceptors (Lipinski definition) is 5. The highest BCUT2D eigenvalue weighted by atomic mass is 16.5. The van der Waals surface area contributed by atoms with Gasteiger partial charge in [0.25, 0.3) is 0 Å². The molecule has 2 atom stereocenters. The number of anilines is 1. The molecule has 1 aliphatic heterocycles. The number of methoxy groups -OCH3 is 1. The van der Waals surface area contributed by atoms with Gasteiger partial charge < -0.3 is 14.8 Å². The van der Waals surface area contributed by atoms with Crippen molar-refractivity contribution in [3.8, 4) is 5.75 Å². The summed E-state index contributed by atoms with van der Waals surface area (Å²) < 4.78 is 10.9. The second-order valence-electron chi connectivity index (χ2n) is 9.68. The van der Waals surface area contributed by atoms with Gasteiger partial charge in [-0.1, -0.05) is 56.3 Å². The van der Waals surface area contributed by atoms with E-state index in [0.29, 0.717) is 17.9 Å². The Hall–Kier alpha value is -3.60. The third-order valence-corrected chi connectivity index (χ3v) is 7.06. The molecule has 0 amide bonds. The Morgan fingerprint density at radius 2 is 1.79 bits per heavy atom. The van der Waals surface area contributed by atoms with E-state index < -0.39 is 11.3 Å². The Kier molecular flexibility index (Phi) is 5.43. The fraction of sp³-hybridized carbons (Fsp3) is 0.310. The summed E-state index contributed by atoms with van der Waals surface area (Å²) in [6.45, 7) is 6.46. The maximum atomic E-state index is 13.7. The van der Waals surface area contributed by atoms with Crippen molar-refractivity contribution >= 4 is 28.2 Å². The fourth-order valence-corrected chi connectivity index (χ4v) is 5.58. The van der Waals surface area contributed by atoms with E-state index >= 15 is 0 Å². The number of ketones is 1. The van der Waals surface area contributed by atoms with Crippen LogP contribution < -0.4 is 10.1 Å². The number of allylic oxidation sites excluding steroid dienone is 1. The van der Waals surface area contributed by atoms with Gasteiger partial charge in [-0.15, -0.1) is 0 Å². The van der Waals surface area contributed by atoms with Crippen molar-refractivity contribution in [3.63, 3.8) is 0 Å². The summed E-state index contributed by atoms with van der Waals surface area (Å²) >= 11 is 0. The second kappa shape index (κ2) is 8.32. The highest BCUT2D eigenvalue weighted by Crippen LogP contribution is 2.53. The molecule has 0 unspecified atom stereocenters. The van der Waals surface area contributed by atoms with Gasteiger partial charge in [-0.05, 0) is 52.4 Å². The van der Waals surface area contributed by atoms with Crippen LogP contribution in [0, 0.1) is 11.3 Å². The molecule has 0 saturated heterocycles. The van der Waals surface area contributed by atoms with Crippen molar-refractivity contribution in [1.82, 2.24) is 0 Å². The molecule has 0 saturated carbocycles. The molecule has 3 aromatic carbocycles. The van der Waals surface area contributed by atoms with Crippen LogP contribution in [-0.4, -0.2) is 25.5 Å². The fourth-order valence-electron chi connectivity index (χ4n) is 5.58. The van der Waals surface area contributed by atoms with Crippen molar-refractivity contribution in [1.29, 1.82) is 0 Å². The molecule has 5 nitrogen and oxygen atoms in total. The predicted octanol–water partition coefficient (Wildman–Crippen LogP) is 5.84. The van der Waals surface area contributed by atoms with E-state index in [2.05, 4.69) is 23.5 Å². The molecule has 3 aromatic rings. The molecular weight excluding hydrogens is 426 g/mol. The van der Waals surface area contributed by atoms with Crippen molar-refractivity contribution in [3.05, 3.63) is 83.1 Å². The maximum absolute atomic E-state index is 13.7. The molecule has 1 N–H and O–H groups in total. The van der Waals surface area contributed by atoms with Crippen molar-refractivity contribution < 1.29 is 19.1 Å². The summed E-state index contributed by atoms with van der Waals surface area (Å²) in [6, 6.07) is 20.3. The molecule has 1 heterocycles. The van der Waals surface area contributed by atoms with Crippen LogP contribution in [0.2, 0.25) is 0 Å². The first-order chi connectivity index (χ1) is 16.4. The lowest BCUT2D eigenvalue weighted by atomic mass is 9.63. The average Bonchev–Trinajstić information content (AvgIpc) is 2.82. The summed E-state index contributed by atoms with van der Waals surface area (Å²) in [7, 11) is 1.41. The first-order valence-electron chi connectivity index (χ1n) is 11.7. The minimum absolute atomic E-state index is 0.0603. The van der Waals surface area contributed by atoms with Gasteiger partial charge in [-0.25, -0.2) is 0 Å². The van der Waals surface area contributed by atoms with Crippen molar-refractivity contribution in [2.45, 2.75) is 33.1 Å². The summed E-state index contributed by atoms with van der Waals surface area (Å²) in [5.74, 6) is -0.341. The second-order valence-corrected chi connectivity index (χ2v) is 9.68. The Balaban J connectivity index is 1.79. The summed E-state index contributed by atoms with van der Waals surface area (Å²) in [4.78, 5) is 26.7. The molecule has 2 aliphatic rings. The lowest BCUT2D eigenvalue weighted by Crippen LogP contribution is -2.44. The SMILES string of the molecule is CCOc1ccc([C@@H]2C3=C(Nc4ccc5ccccc5c42)[C@H](C(=O)OC)C(C)(C)CC3=O)cc1. The topological polar surface area (TPSA) is 64.6 Å². The van der Waals surface area contributed by atoms with Gasteiger partial charge in [0.15, 0.2) is 5.78 Å². The molecule has 0 radical (unpaired) electrons. The van der Waals surface area contributed by atoms with E-state index in [1.54, 1.807) is 0 Å². The summed E-state index contributed by atoms with van der Waals surface area (Å²) in [5.41, 5.74) is 3.71. The number of Topliss-reactive ketones (excluding diaryl/α,β-unsaturated/α-hetero) is 1. The number of hydrogen-bond donors (Lipinski definition) is 1. The van der Waals surface area contributed by atoms with E-state index in [1.807, 2.05) is 63.2 Å². The van der Waals surface area contributed by atoms with E-state index in [-0.39, 0.29) is 24.1 Å². The monoisotopic (exact) mass is 455 g/mol. The van der Waals surface area contributed by atoms with Crippen LogP contribution in [0.15, 0.2) is 71.9 Å². The number of carbonyl (C=O) groups is 2. The summed E-state index contributed by atoms with van der Waals surface area (Å²) in [5, 5.41) is 5.70. The van der Waals surface area contributed by atoms with Gasteiger partial charge in [-0.3, -0.25) is 9.59 Å². The third kappa shape index (κ3) is 3.47. The van der Waals surface area contributed by atoms with Gasteiger partial charge >= 0.3 is 5.97 Å². The Labute approximate surface area is 199 Å². The smallest absolute Gasteiger partial charge is 0.315 e. The van der Waals surface area contributed by atoms with Crippen molar-refractivity contribution in [2.24, 2.45) is 11.3 Å². The number of carbonyl (C=O) groups excluding carboxylic acids is 2. The van der Waals surface area contributed by atoms with E-state index in [1.165, 1.54) is 7.11 Å². The zero-order valence-corrected chi connectivity index (χ0v) is 20.0. The number of fused-ring (bicyclic) bond motifs is 3. The Morgan fingerprint density at radius 1 is 1.06 bits per heavy atom. The van der Waals surface area contributed by atoms with E-state index in [0.717, 1.165) is 33.3 Å². The van der Waals surface area contributed by atoms with Crippen molar-refractivity contribution in [2.75, 3.05) is 19.0 Å². The van der Waals surface area contributed by atoms with Crippen LogP contribution in [0.5, 0.6) is 5.75 Å². The largest absolute Gasteiger partial charge is 0.494 e. The van der Waals surface area contributed by atoms with Gasteiger partial charge in [0.1, 0.15) is 11.7 Å². The molecule has 5 heteroatoms. The van der Waals surface area contributed by atoms with Gasteiger partial charge in [0.05, 0.1) is 13.7 Å². The molecule has 0 aromatic heterocycles. The number of nitrogens with one attached hydrogen (secondary N) is 1. The van der Waals surface area contributed by atoms with Crippen LogP contribution in [-0.2, 0) is 14.3 Å². The third-order valence-electron chi connectivity index (χ3n) is 7.06. The number of ether oxygens (including phenoxy) is 2. The number of esters is 1. The minimum Gasteiger partial charge on any atom is -0.494 e. The molecule has 0 bridgehead atoms. The zero-order valence-electron chi connectivity index (χ0n) is 20.0. The molecule has 5 rings (SSSR count).